The van der Waals surface area contributed by atoms with Crippen molar-refractivity contribution in [2.24, 2.45) is 0 Å². The summed E-state index contributed by atoms with van der Waals surface area (Å²) in [5.74, 6) is -0.330. The van der Waals surface area contributed by atoms with Crippen LogP contribution in [0, 0.1) is 5.82 Å². The number of aryl methyl sites for hydroxylation is 1. The van der Waals surface area contributed by atoms with Gasteiger partial charge in [-0.25, -0.2) is 9.37 Å². The first-order valence-electron chi connectivity index (χ1n) is 7.55. The molecule has 0 bridgehead atoms. The third-order valence-corrected chi connectivity index (χ3v) is 3.37. The van der Waals surface area contributed by atoms with Gasteiger partial charge in [-0.1, -0.05) is 12.1 Å². The molecule has 2 aromatic rings. The average molecular weight is 334 g/mol. The van der Waals surface area contributed by atoms with Crippen LogP contribution < -0.4 is 5.32 Å². The van der Waals surface area contributed by atoms with E-state index in [9.17, 15) is 14.0 Å². The predicted molar refractivity (Wildman–Crippen MR) is 84.5 cm³/mol. The zero-order valence-corrected chi connectivity index (χ0v) is 13.5. The Kier molecular flexibility index (Phi) is 6.06. The first kappa shape index (κ1) is 17.7. The van der Waals surface area contributed by atoms with Crippen molar-refractivity contribution in [3.63, 3.8) is 0 Å². The number of ether oxygens (including phenoxy) is 1. The molecule has 2 rings (SSSR count). The predicted octanol–water partition coefficient (Wildman–Crippen LogP) is 2.48. The molecule has 1 heterocycles. The van der Waals surface area contributed by atoms with Crippen molar-refractivity contribution < 1.29 is 23.1 Å². The maximum atomic E-state index is 13.7. The highest BCUT2D eigenvalue weighted by Gasteiger charge is 2.14. The number of esters is 1. The van der Waals surface area contributed by atoms with Gasteiger partial charge in [-0.2, -0.15) is 0 Å². The molecule has 0 saturated heterocycles. The number of amides is 1. The lowest BCUT2D eigenvalue weighted by atomic mass is 10.2. The van der Waals surface area contributed by atoms with Crippen LogP contribution in [0.4, 0.5) is 4.39 Å². The summed E-state index contributed by atoms with van der Waals surface area (Å²) < 4.78 is 23.7. The van der Waals surface area contributed by atoms with Crippen LogP contribution >= 0.6 is 0 Å². The van der Waals surface area contributed by atoms with Crippen LogP contribution in [0.1, 0.15) is 25.7 Å². The van der Waals surface area contributed by atoms with E-state index in [1.165, 1.54) is 19.4 Å². The van der Waals surface area contributed by atoms with E-state index >= 15 is 0 Å². The van der Waals surface area contributed by atoms with Gasteiger partial charge in [0, 0.05) is 18.9 Å². The fourth-order valence-corrected chi connectivity index (χ4v) is 2.16. The van der Waals surface area contributed by atoms with E-state index < -0.39 is 5.82 Å². The van der Waals surface area contributed by atoms with Gasteiger partial charge in [0.15, 0.2) is 11.7 Å². The van der Waals surface area contributed by atoms with Gasteiger partial charge in [0.1, 0.15) is 5.82 Å². The molecular formula is C17H19FN2O4. The summed E-state index contributed by atoms with van der Waals surface area (Å²) in [5, 5.41) is 2.69. The molecule has 128 valence electrons. The monoisotopic (exact) mass is 334 g/mol. The summed E-state index contributed by atoms with van der Waals surface area (Å²) in [6, 6.07) is 5.92. The number of aromatic nitrogens is 1. The Bertz CT molecular complexity index is 714. The topological polar surface area (TPSA) is 81.4 Å². The standard InChI is InChI=1S/C17H19FN2O4/c1-11(9-17(22)23-2)20-15(21)7-8-16-19-10-14(24-16)12-5-3-4-6-13(12)18/h3-6,10-11H,7-9H2,1-2H3,(H,20,21). The number of rotatable bonds is 7. The molecule has 0 saturated carbocycles. The number of benzene rings is 1. The van der Waals surface area contributed by atoms with Crippen LogP contribution in [0.3, 0.4) is 0 Å². The number of methoxy groups -OCH3 is 1. The quantitative estimate of drug-likeness (QED) is 0.787. The van der Waals surface area contributed by atoms with Crippen LogP contribution in [-0.2, 0) is 20.7 Å². The van der Waals surface area contributed by atoms with Crippen LogP contribution in [0.5, 0.6) is 0 Å². The average Bonchev–Trinajstić information content (AvgIpc) is 3.01. The summed E-state index contributed by atoms with van der Waals surface area (Å²) in [7, 11) is 1.30. The van der Waals surface area contributed by atoms with Gasteiger partial charge >= 0.3 is 5.97 Å². The molecule has 0 aliphatic rings. The molecule has 1 atom stereocenters. The number of nitrogens with one attached hydrogen (secondary N) is 1. The number of carbonyl (C=O) groups excluding carboxylic acids is 2. The van der Waals surface area contributed by atoms with Crippen molar-refractivity contribution >= 4 is 11.9 Å². The second-order valence-corrected chi connectivity index (χ2v) is 5.35. The van der Waals surface area contributed by atoms with Crippen molar-refractivity contribution in [2.45, 2.75) is 32.2 Å². The smallest absolute Gasteiger partial charge is 0.307 e. The Labute approximate surface area is 139 Å². The van der Waals surface area contributed by atoms with E-state index in [4.69, 9.17) is 4.42 Å². The van der Waals surface area contributed by atoms with Gasteiger partial charge in [-0.15, -0.1) is 0 Å². The van der Waals surface area contributed by atoms with Crippen LogP contribution in [0.15, 0.2) is 34.9 Å². The van der Waals surface area contributed by atoms with E-state index in [0.29, 0.717) is 17.2 Å². The largest absolute Gasteiger partial charge is 0.469 e. The second-order valence-electron chi connectivity index (χ2n) is 5.35. The van der Waals surface area contributed by atoms with E-state index in [0.717, 1.165) is 0 Å². The molecule has 0 spiro atoms. The molecule has 0 fully saturated rings. The van der Waals surface area contributed by atoms with Gasteiger partial charge < -0.3 is 14.5 Å². The zero-order chi connectivity index (χ0) is 17.5. The Morgan fingerprint density at radius 3 is 2.83 bits per heavy atom. The Balaban J connectivity index is 1.86. The first-order valence-corrected chi connectivity index (χ1v) is 7.55. The van der Waals surface area contributed by atoms with E-state index in [1.54, 1.807) is 25.1 Å². The van der Waals surface area contributed by atoms with Gasteiger partial charge in [-0.3, -0.25) is 9.59 Å². The Morgan fingerprint density at radius 1 is 1.38 bits per heavy atom. The molecule has 1 aromatic carbocycles. The van der Waals surface area contributed by atoms with Gasteiger partial charge in [0.25, 0.3) is 0 Å². The van der Waals surface area contributed by atoms with Crippen LogP contribution in [0.2, 0.25) is 0 Å². The normalized spacial score (nSPS) is 11.8. The number of nitrogens with zero attached hydrogens (tertiary/aromatic N) is 1. The fraction of sp³-hybridized carbons (Fsp3) is 0.353. The van der Waals surface area contributed by atoms with Crippen LogP contribution in [0.25, 0.3) is 11.3 Å². The third-order valence-electron chi connectivity index (χ3n) is 3.37. The Hall–Kier alpha value is -2.70. The lowest BCUT2D eigenvalue weighted by Gasteiger charge is -2.11. The highest BCUT2D eigenvalue weighted by molar-refractivity contribution is 5.77. The van der Waals surface area contributed by atoms with Gasteiger partial charge in [0.05, 0.1) is 25.3 Å². The molecule has 1 aromatic heterocycles. The summed E-state index contributed by atoms with van der Waals surface area (Å²) >= 11 is 0. The minimum Gasteiger partial charge on any atom is -0.469 e. The number of carbonyl (C=O) groups is 2. The van der Waals surface area contributed by atoms with Crippen molar-refractivity contribution in [3.8, 4) is 11.3 Å². The number of hydrogen-bond acceptors (Lipinski definition) is 5. The molecule has 1 N–H and O–H groups in total. The highest BCUT2D eigenvalue weighted by atomic mass is 19.1. The summed E-state index contributed by atoms with van der Waals surface area (Å²) in [5.41, 5.74) is 0.326. The van der Waals surface area contributed by atoms with E-state index in [2.05, 4.69) is 15.0 Å². The minimum absolute atomic E-state index is 0.110. The minimum atomic E-state index is -0.394. The molecule has 0 radical (unpaired) electrons. The number of oxazole rings is 1. The maximum absolute atomic E-state index is 13.7. The summed E-state index contributed by atoms with van der Waals surface area (Å²) in [6.07, 6.45) is 1.98. The molecule has 0 aliphatic carbocycles. The highest BCUT2D eigenvalue weighted by Crippen LogP contribution is 2.23. The van der Waals surface area contributed by atoms with Gasteiger partial charge in [-0.05, 0) is 19.1 Å². The zero-order valence-electron chi connectivity index (χ0n) is 13.5. The van der Waals surface area contributed by atoms with E-state index in [1.807, 2.05) is 0 Å². The van der Waals surface area contributed by atoms with Crippen molar-refractivity contribution in [1.29, 1.82) is 0 Å². The molecule has 1 unspecified atom stereocenters. The number of hydrogen-bond donors (Lipinski definition) is 1. The van der Waals surface area contributed by atoms with Gasteiger partial charge in [0.2, 0.25) is 5.91 Å². The van der Waals surface area contributed by atoms with Crippen molar-refractivity contribution in [1.82, 2.24) is 10.3 Å². The second kappa shape index (κ2) is 8.24. The molecule has 24 heavy (non-hydrogen) atoms. The van der Waals surface area contributed by atoms with Crippen LogP contribution in [-0.4, -0.2) is 30.0 Å². The lowest BCUT2D eigenvalue weighted by Crippen LogP contribution is -2.34. The molecule has 7 heteroatoms. The van der Waals surface area contributed by atoms with Crippen molar-refractivity contribution in [2.75, 3.05) is 7.11 Å². The number of halogens is 1. The van der Waals surface area contributed by atoms with Crippen molar-refractivity contribution in [3.05, 3.63) is 42.2 Å². The first-order chi connectivity index (χ1) is 11.5. The fourth-order valence-electron chi connectivity index (χ4n) is 2.16. The molecule has 6 nitrogen and oxygen atoms in total. The lowest BCUT2D eigenvalue weighted by molar-refractivity contribution is -0.141. The SMILES string of the molecule is COC(=O)CC(C)NC(=O)CCc1ncc(-c2ccccc2F)o1. The summed E-state index contributed by atoms with van der Waals surface area (Å²) in [6.45, 7) is 1.72. The third kappa shape index (κ3) is 4.91. The molecule has 0 aliphatic heterocycles. The van der Waals surface area contributed by atoms with E-state index in [-0.39, 0.29) is 37.2 Å². The summed E-state index contributed by atoms with van der Waals surface area (Å²) in [4.78, 5) is 27.0. The Morgan fingerprint density at radius 2 is 2.12 bits per heavy atom. The molecular weight excluding hydrogens is 315 g/mol. The maximum Gasteiger partial charge on any atom is 0.307 e. The molecule has 1 amide bonds.